The Kier molecular flexibility index (Phi) is 3.03. The number of ether oxygens (including phenoxy) is 1. The summed E-state index contributed by atoms with van der Waals surface area (Å²) in [6.45, 7) is 5.98. The number of carbonyl (C=O) groups excluding carboxylic acids is 1. The van der Waals surface area contributed by atoms with Crippen LogP contribution < -0.4 is 0 Å². The van der Waals surface area contributed by atoms with E-state index in [9.17, 15) is 24.9 Å². The van der Waals surface area contributed by atoms with Crippen LogP contribution in [-0.4, -0.2) is 46.1 Å². The third kappa shape index (κ3) is 1.55. The van der Waals surface area contributed by atoms with E-state index in [-0.39, 0.29) is 12.5 Å². The second kappa shape index (κ2) is 4.71. The SMILES string of the molecule is C=C1C[C@]23C[C@H]1CC[C@H]2[C@]12COC(=O)[C@](C)([C@@H](O)[C@@H](O)C1)[C@H]2[C@@H]3C(=O)O. The summed E-state index contributed by atoms with van der Waals surface area (Å²) in [5, 5.41) is 31.6. The van der Waals surface area contributed by atoms with Crippen molar-refractivity contribution in [2.45, 2.75) is 51.2 Å². The van der Waals surface area contributed by atoms with Crippen molar-refractivity contribution in [2.75, 3.05) is 6.61 Å². The van der Waals surface area contributed by atoms with E-state index >= 15 is 0 Å². The predicted molar refractivity (Wildman–Crippen MR) is 89.8 cm³/mol. The molecule has 1 heterocycles. The Bertz CT molecular complexity index is 732. The third-order valence-electron chi connectivity index (χ3n) is 8.92. The molecule has 5 fully saturated rings. The molecule has 1 spiro atoms. The number of hydrogen-bond donors (Lipinski definition) is 3. The second-order valence-electron chi connectivity index (χ2n) is 9.70. The fourth-order valence-electron chi connectivity index (χ4n) is 8.20. The zero-order valence-electron chi connectivity index (χ0n) is 15.0. The normalized spacial score (nSPS) is 57.3. The van der Waals surface area contributed by atoms with Gasteiger partial charge in [0, 0.05) is 11.3 Å². The molecule has 6 heteroatoms. The molecule has 0 unspecified atom stereocenters. The lowest BCUT2D eigenvalue weighted by Crippen LogP contribution is -2.67. The van der Waals surface area contributed by atoms with Gasteiger partial charge in [0.15, 0.2) is 0 Å². The van der Waals surface area contributed by atoms with Crippen molar-refractivity contribution >= 4 is 11.9 Å². The Balaban J connectivity index is 1.77. The lowest BCUT2D eigenvalue weighted by molar-refractivity contribution is -0.241. The maximum atomic E-state index is 12.8. The van der Waals surface area contributed by atoms with E-state index < -0.39 is 52.2 Å². The van der Waals surface area contributed by atoms with Gasteiger partial charge in [0.2, 0.25) is 0 Å². The number of esters is 1. The molecule has 9 atom stereocenters. The molecule has 142 valence electrons. The van der Waals surface area contributed by atoms with Gasteiger partial charge in [0.25, 0.3) is 0 Å². The van der Waals surface area contributed by atoms with Gasteiger partial charge < -0.3 is 20.1 Å². The predicted octanol–water partition coefficient (Wildman–Crippen LogP) is 1.35. The first-order valence-corrected chi connectivity index (χ1v) is 9.62. The highest BCUT2D eigenvalue weighted by Gasteiger charge is 2.80. The minimum absolute atomic E-state index is 0.0752. The molecule has 5 aliphatic rings. The third-order valence-corrected chi connectivity index (χ3v) is 8.92. The van der Waals surface area contributed by atoms with Crippen LogP contribution in [0.5, 0.6) is 0 Å². The summed E-state index contributed by atoms with van der Waals surface area (Å²) < 4.78 is 5.55. The summed E-state index contributed by atoms with van der Waals surface area (Å²) in [4.78, 5) is 25.3. The van der Waals surface area contributed by atoms with Gasteiger partial charge in [-0.3, -0.25) is 9.59 Å². The van der Waals surface area contributed by atoms with Crippen molar-refractivity contribution in [3.8, 4) is 0 Å². The van der Waals surface area contributed by atoms with E-state index in [1.54, 1.807) is 6.92 Å². The Morgan fingerprint density at radius 3 is 2.65 bits per heavy atom. The van der Waals surface area contributed by atoms with Crippen LogP contribution in [0.1, 0.15) is 39.0 Å². The molecular weight excluding hydrogens is 336 g/mol. The molecule has 0 radical (unpaired) electrons. The maximum Gasteiger partial charge on any atom is 0.314 e. The van der Waals surface area contributed by atoms with Crippen LogP contribution >= 0.6 is 0 Å². The number of carboxylic acid groups (broad SMARTS) is 1. The van der Waals surface area contributed by atoms with Crippen molar-refractivity contribution < 1.29 is 29.6 Å². The number of aliphatic carboxylic acids is 1. The molecule has 0 aromatic heterocycles. The largest absolute Gasteiger partial charge is 0.481 e. The molecule has 6 nitrogen and oxygen atoms in total. The van der Waals surface area contributed by atoms with Gasteiger partial charge in [-0.25, -0.2) is 0 Å². The summed E-state index contributed by atoms with van der Waals surface area (Å²) in [6, 6.07) is 0. The molecule has 0 amide bonds. The van der Waals surface area contributed by atoms with Crippen molar-refractivity contribution in [3.05, 3.63) is 12.2 Å². The molecule has 26 heavy (non-hydrogen) atoms. The van der Waals surface area contributed by atoms with Crippen molar-refractivity contribution in [2.24, 2.45) is 39.9 Å². The summed E-state index contributed by atoms with van der Waals surface area (Å²) >= 11 is 0. The summed E-state index contributed by atoms with van der Waals surface area (Å²) in [5.74, 6) is -2.26. The van der Waals surface area contributed by atoms with E-state index in [0.29, 0.717) is 18.8 Å². The van der Waals surface area contributed by atoms with E-state index in [1.165, 1.54) is 0 Å². The first-order valence-electron chi connectivity index (χ1n) is 9.62. The van der Waals surface area contributed by atoms with Crippen LogP contribution in [-0.2, 0) is 14.3 Å². The highest BCUT2D eigenvalue weighted by molar-refractivity contribution is 5.83. The van der Waals surface area contributed by atoms with Gasteiger partial charge in [-0.2, -0.15) is 0 Å². The number of carboxylic acids is 1. The molecule has 0 aromatic rings. The zero-order valence-corrected chi connectivity index (χ0v) is 15.0. The smallest absolute Gasteiger partial charge is 0.314 e. The van der Waals surface area contributed by atoms with E-state index in [4.69, 9.17) is 4.74 Å². The van der Waals surface area contributed by atoms with Crippen LogP contribution in [0, 0.1) is 39.9 Å². The van der Waals surface area contributed by atoms with Crippen LogP contribution in [0.2, 0.25) is 0 Å². The van der Waals surface area contributed by atoms with Crippen LogP contribution in [0.4, 0.5) is 0 Å². The Morgan fingerprint density at radius 2 is 1.96 bits per heavy atom. The van der Waals surface area contributed by atoms with E-state index in [2.05, 4.69) is 6.58 Å². The summed E-state index contributed by atoms with van der Waals surface area (Å²) in [5.41, 5.74) is -1.26. The molecule has 3 N–H and O–H groups in total. The molecule has 4 saturated carbocycles. The van der Waals surface area contributed by atoms with Gasteiger partial charge in [-0.15, -0.1) is 0 Å². The molecular formula is C20H26O6. The summed E-state index contributed by atoms with van der Waals surface area (Å²) in [7, 11) is 0. The molecule has 5 rings (SSSR count). The molecule has 1 aliphatic heterocycles. The fraction of sp³-hybridized carbons (Fsp3) is 0.800. The Labute approximate surface area is 152 Å². The van der Waals surface area contributed by atoms with Crippen LogP contribution in [0.25, 0.3) is 0 Å². The first-order chi connectivity index (χ1) is 12.2. The average Bonchev–Trinajstić information content (AvgIpc) is 2.98. The topological polar surface area (TPSA) is 104 Å². The van der Waals surface area contributed by atoms with Gasteiger partial charge in [-0.05, 0) is 56.3 Å². The number of aliphatic hydroxyl groups is 2. The van der Waals surface area contributed by atoms with Crippen LogP contribution in [0.3, 0.4) is 0 Å². The number of hydrogen-bond acceptors (Lipinski definition) is 5. The molecule has 4 bridgehead atoms. The standard InChI is InChI=1S/C20H26O6/c1-9-5-19-6-10(9)3-4-12(19)20-7-11(21)15(22)18(2,17(25)26-8-20)14(20)13(19)16(23)24/h10-15,21-22H,1,3-8H2,2H3,(H,23,24)/t10-,11+,12-,13-,14-,15+,18+,19+,20-/m1/s1. The number of cyclic esters (lactones) is 1. The second-order valence-corrected chi connectivity index (χ2v) is 9.70. The number of aliphatic hydroxyl groups excluding tert-OH is 2. The Hall–Kier alpha value is -1.40. The molecule has 0 aromatic carbocycles. The average molecular weight is 362 g/mol. The zero-order chi connectivity index (χ0) is 18.6. The van der Waals surface area contributed by atoms with Gasteiger partial charge in [0.1, 0.15) is 0 Å². The number of allylic oxidation sites excluding steroid dienone is 1. The lowest BCUT2D eigenvalue weighted by atomic mass is 9.49. The van der Waals surface area contributed by atoms with Gasteiger partial charge >= 0.3 is 11.9 Å². The first kappa shape index (κ1) is 16.8. The van der Waals surface area contributed by atoms with Crippen molar-refractivity contribution in [1.29, 1.82) is 0 Å². The maximum absolute atomic E-state index is 12.8. The van der Waals surface area contributed by atoms with Crippen LogP contribution in [0.15, 0.2) is 12.2 Å². The molecule has 4 aliphatic carbocycles. The van der Waals surface area contributed by atoms with E-state index in [1.807, 2.05) is 0 Å². The quantitative estimate of drug-likeness (QED) is 0.481. The Morgan fingerprint density at radius 1 is 1.23 bits per heavy atom. The number of carbonyl (C=O) groups is 2. The van der Waals surface area contributed by atoms with Crippen molar-refractivity contribution in [1.82, 2.24) is 0 Å². The van der Waals surface area contributed by atoms with E-state index in [0.717, 1.165) is 24.8 Å². The van der Waals surface area contributed by atoms with Gasteiger partial charge in [-0.1, -0.05) is 12.2 Å². The lowest BCUT2D eigenvalue weighted by Gasteiger charge is -2.58. The molecule has 1 saturated heterocycles. The number of fused-ring (bicyclic) bond motifs is 1. The minimum atomic E-state index is -1.38. The summed E-state index contributed by atoms with van der Waals surface area (Å²) in [6.07, 6.45) is 1.30. The monoisotopic (exact) mass is 362 g/mol. The van der Waals surface area contributed by atoms with Crippen molar-refractivity contribution in [3.63, 3.8) is 0 Å². The fourth-order valence-corrected chi connectivity index (χ4v) is 8.20. The number of rotatable bonds is 1. The highest BCUT2D eigenvalue weighted by atomic mass is 16.5. The highest BCUT2D eigenvalue weighted by Crippen LogP contribution is 2.78. The minimum Gasteiger partial charge on any atom is -0.481 e. The van der Waals surface area contributed by atoms with Gasteiger partial charge in [0.05, 0.1) is 30.1 Å².